The third-order valence-electron chi connectivity index (χ3n) is 3.59. The first-order valence-electron chi connectivity index (χ1n) is 7.11. The third-order valence-corrected chi connectivity index (χ3v) is 3.81. The van der Waals surface area contributed by atoms with E-state index in [0.29, 0.717) is 10.8 Å². The second-order valence-electron chi connectivity index (χ2n) is 5.48. The summed E-state index contributed by atoms with van der Waals surface area (Å²) in [5, 5.41) is 0.674. The average Bonchev–Trinajstić information content (AvgIpc) is 2.83. The smallest absolute Gasteiger partial charge is 0.410 e. The van der Waals surface area contributed by atoms with Gasteiger partial charge in [0.25, 0.3) is 5.65 Å². The van der Waals surface area contributed by atoms with Crippen molar-refractivity contribution in [3.05, 3.63) is 53.8 Å². The van der Waals surface area contributed by atoms with E-state index in [4.69, 9.17) is 16.3 Å². The van der Waals surface area contributed by atoms with Crippen LogP contribution in [-0.4, -0.2) is 29.7 Å². The monoisotopic (exact) mass is 330 g/mol. The summed E-state index contributed by atoms with van der Waals surface area (Å²) < 4.78 is 9.35. The zero-order valence-corrected chi connectivity index (χ0v) is 13.9. The second kappa shape index (κ2) is 5.93. The number of carbonyl (C=O) groups excluding carboxylic acids is 1. The quantitative estimate of drug-likeness (QED) is 0.677. The SMILES string of the molecule is CN(C)C(=O)Oc1cccc(-c2c[n+]3cc(Cl)ccc3n2C)c1. The van der Waals surface area contributed by atoms with Crippen LogP contribution in [0.25, 0.3) is 16.9 Å². The lowest BCUT2D eigenvalue weighted by molar-refractivity contribution is -0.510. The highest BCUT2D eigenvalue weighted by molar-refractivity contribution is 6.30. The van der Waals surface area contributed by atoms with Crippen molar-refractivity contribution in [3.63, 3.8) is 0 Å². The number of fused-ring (bicyclic) bond motifs is 1. The third kappa shape index (κ3) is 3.00. The first-order valence-corrected chi connectivity index (χ1v) is 7.49. The number of benzene rings is 1. The summed E-state index contributed by atoms with van der Waals surface area (Å²) >= 11 is 6.05. The molecule has 23 heavy (non-hydrogen) atoms. The summed E-state index contributed by atoms with van der Waals surface area (Å²) in [6.07, 6.45) is 3.45. The number of halogens is 1. The fourth-order valence-electron chi connectivity index (χ4n) is 2.39. The Labute approximate surface area is 139 Å². The van der Waals surface area contributed by atoms with Gasteiger partial charge in [0, 0.05) is 25.7 Å². The number of aryl methyl sites for hydroxylation is 1. The van der Waals surface area contributed by atoms with Crippen molar-refractivity contribution in [2.24, 2.45) is 7.05 Å². The lowest BCUT2D eigenvalue weighted by Crippen LogP contribution is -2.25. The maximum atomic E-state index is 11.7. The Kier molecular flexibility index (Phi) is 3.96. The Morgan fingerprint density at radius 3 is 2.74 bits per heavy atom. The molecule has 0 atom stereocenters. The summed E-state index contributed by atoms with van der Waals surface area (Å²) in [6, 6.07) is 11.3. The second-order valence-corrected chi connectivity index (χ2v) is 5.91. The Bertz CT molecular complexity index is 887. The standard InChI is InChI=1S/C17H17ClN3O2/c1-19(2)17(22)23-14-6-4-5-12(9-14)15-11-21-10-13(18)7-8-16(21)20(15)3/h4-11H,1-3H3/q+1. The summed E-state index contributed by atoms with van der Waals surface area (Å²) in [6.45, 7) is 0. The Morgan fingerprint density at radius 1 is 1.22 bits per heavy atom. The van der Waals surface area contributed by atoms with Gasteiger partial charge in [0.1, 0.15) is 18.1 Å². The van der Waals surface area contributed by atoms with E-state index in [-0.39, 0.29) is 0 Å². The Morgan fingerprint density at radius 2 is 2.00 bits per heavy atom. The highest BCUT2D eigenvalue weighted by atomic mass is 35.5. The molecule has 0 saturated heterocycles. The van der Waals surface area contributed by atoms with Crippen LogP contribution in [0.1, 0.15) is 0 Å². The average molecular weight is 331 g/mol. The minimum atomic E-state index is -0.402. The molecule has 1 amide bonds. The van der Waals surface area contributed by atoms with Gasteiger partial charge in [-0.25, -0.2) is 13.8 Å². The van der Waals surface area contributed by atoms with Gasteiger partial charge in [-0.15, -0.1) is 0 Å². The van der Waals surface area contributed by atoms with Gasteiger partial charge in [-0.3, -0.25) is 0 Å². The highest BCUT2D eigenvalue weighted by Gasteiger charge is 2.17. The van der Waals surface area contributed by atoms with Gasteiger partial charge in [0.15, 0.2) is 5.69 Å². The van der Waals surface area contributed by atoms with Crippen LogP contribution in [0.5, 0.6) is 5.75 Å². The van der Waals surface area contributed by atoms with Crippen LogP contribution in [0.2, 0.25) is 5.02 Å². The number of aromatic nitrogens is 2. The minimum Gasteiger partial charge on any atom is -0.410 e. The summed E-state index contributed by atoms with van der Waals surface area (Å²) in [4.78, 5) is 13.1. The van der Waals surface area contributed by atoms with E-state index in [2.05, 4.69) is 4.57 Å². The predicted octanol–water partition coefficient (Wildman–Crippen LogP) is 3.14. The molecule has 0 saturated carbocycles. The van der Waals surface area contributed by atoms with Gasteiger partial charge >= 0.3 is 6.09 Å². The number of nitrogens with zero attached hydrogens (tertiary/aromatic N) is 3. The van der Waals surface area contributed by atoms with Crippen LogP contribution in [0, 0.1) is 0 Å². The molecule has 2 aromatic heterocycles. The molecule has 6 heteroatoms. The van der Waals surface area contributed by atoms with Gasteiger partial charge in [0.05, 0.1) is 12.1 Å². The fraction of sp³-hybridized carbons (Fsp3) is 0.176. The molecular formula is C17H17ClN3O2+. The number of rotatable bonds is 2. The first-order chi connectivity index (χ1) is 11.0. The molecule has 0 aliphatic heterocycles. The van der Waals surface area contributed by atoms with Crippen LogP contribution in [0.3, 0.4) is 0 Å². The van der Waals surface area contributed by atoms with Crippen LogP contribution >= 0.6 is 11.6 Å². The molecule has 5 nitrogen and oxygen atoms in total. The summed E-state index contributed by atoms with van der Waals surface area (Å²) in [7, 11) is 5.28. The molecule has 1 aromatic carbocycles. The molecule has 0 aliphatic carbocycles. The molecule has 0 bridgehead atoms. The molecule has 118 valence electrons. The number of imidazole rings is 1. The fourth-order valence-corrected chi connectivity index (χ4v) is 2.56. The molecule has 0 spiro atoms. The van der Waals surface area contributed by atoms with E-state index in [0.717, 1.165) is 16.9 Å². The first kappa shape index (κ1) is 15.4. The molecule has 3 aromatic rings. The molecular weight excluding hydrogens is 314 g/mol. The lowest BCUT2D eigenvalue weighted by atomic mass is 10.1. The van der Waals surface area contributed by atoms with Gasteiger partial charge in [-0.1, -0.05) is 23.7 Å². The zero-order chi connectivity index (χ0) is 16.6. The highest BCUT2D eigenvalue weighted by Crippen LogP contribution is 2.24. The number of hydrogen-bond donors (Lipinski definition) is 0. The van der Waals surface area contributed by atoms with Crippen molar-refractivity contribution < 1.29 is 13.9 Å². The number of amides is 1. The zero-order valence-electron chi connectivity index (χ0n) is 13.2. The molecule has 0 unspecified atom stereocenters. The van der Waals surface area contributed by atoms with Gasteiger partial charge < -0.3 is 9.64 Å². The summed E-state index contributed by atoms with van der Waals surface area (Å²) in [5.41, 5.74) is 2.96. The van der Waals surface area contributed by atoms with Crippen molar-refractivity contribution in [3.8, 4) is 17.0 Å². The van der Waals surface area contributed by atoms with Crippen molar-refractivity contribution in [1.82, 2.24) is 9.47 Å². The van der Waals surface area contributed by atoms with Crippen molar-refractivity contribution >= 4 is 23.3 Å². The Balaban J connectivity index is 2.02. The minimum absolute atomic E-state index is 0.402. The molecule has 0 fully saturated rings. The van der Waals surface area contributed by atoms with Crippen LogP contribution < -0.4 is 9.14 Å². The van der Waals surface area contributed by atoms with Gasteiger partial charge in [0.2, 0.25) is 0 Å². The van der Waals surface area contributed by atoms with E-state index in [9.17, 15) is 4.79 Å². The number of carbonyl (C=O) groups is 1. The largest absolute Gasteiger partial charge is 0.414 e. The molecule has 3 rings (SSSR count). The Hall–Kier alpha value is -2.53. The normalized spacial score (nSPS) is 10.8. The molecule has 0 N–H and O–H groups in total. The number of pyridine rings is 1. The lowest BCUT2D eigenvalue weighted by Gasteiger charge is -2.10. The summed E-state index contributed by atoms with van der Waals surface area (Å²) in [5.74, 6) is 0.509. The van der Waals surface area contributed by atoms with E-state index in [1.54, 1.807) is 20.2 Å². The van der Waals surface area contributed by atoms with Gasteiger partial charge in [-0.05, 0) is 18.2 Å². The molecule has 0 aliphatic rings. The van der Waals surface area contributed by atoms with Crippen LogP contribution in [0.4, 0.5) is 4.79 Å². The predicted molar refractivity (Wildman–Crippen MR) is 88.7 cm³/mol. The van der Waals surface area contributed by atoms with Crippen LogP contribution in [-0.2, 0) is 7.05 Å². The maximum absolute atomic E-state index is 11.7. The molecule has 2 heterocycles. The maximum Gasteiger partial charge on any atom is 0.414 e. The molecule has 0 radical (unpaired) electrons. The number of hydrogen-bond acceptors (Lipinski definition) is 2. The van der Waals surface area contributed by atoms with E-state index in [1.807, 2.05) is 54.2 Å². The topological polar surface area (TPSA) is 38.6 Å². The van der Waals surface area contributed by atoms with E-state index in [1.165, 1.54) is 4.90 Å². The van der Waals surface area contributed by atoms with Gasteiger partial charge in [-0.2, -0.15) is 0 Å². The van der Waals surface area contributed by atoms with E-state index < -0.39 is 6.09 Å². The van der Waals surface area contributed by atoms with Crippen molar-refractivity contribution in [1.29, 1.82) is 0 Å². The van der Waals surface area contributed by atoms with Crippen molar-refractivity contribution in [2.45, 2.75) is 0 Å². The van der Waals surface area contributed by atoms with Crippen molar-refractivity contribution in [2.75, 3.05) is 14.1 Å². The number of ether oxygens (including phenoxy) is 1. The van der Waals surface area contributed by atoms with E-state index >= 15 is 0 Å². The van der Waals surface area contributed by atoms with Crippen LogP contribution in [0.15, 0.2) is 48.8 Å².